The fourth-order valence-electron chi connectivity index (χ4n) is 3.83. The van der Waals surface area contributed by atoms with E-state index in [-0.39, 0.29) is 11.3 Å². The molecule has 0 spiro atoms. The van der Waals surface area contributed by atoms with E-state index in [0.717, 1.165) is 31.0 Å². The lowest BCUT2D eigenvalue weighted by Crippen LogP contribution is -2.36. The van der Waals surface area contributed by atoms with E-state index in [0.29, 0.717) is 41.1 Å². The highest BCUT2D eigenvalue weighted by Crippen LogP contribution is 2.21. The molecule has 4 aromatic rings. The fraction of sp³-hybridized carbons (Fsp3) is 0.154. The second kappa shape index (κ2) is 9.55. The summed E-state index contributed by atoms with van der Waals surface area (Å²) in [7, 11) is 0. The maximum Gasteiger partial charge on any atom is 0.255 e. The van der Waals surface area contributed by atoms with Crippen molar-refractivity contribution in [3.63, 3.8) is 0 Å². The Hall–Kier alpha value is -4.24. The predicted molar refractivity (Wildman–Crippen MR) is 127 cm³/mol. The van der Waals surface area contributed by atoms with E-state index < -0.39 is 17.5 Å². The third kappa shape index (κ3) is 4.85. The van der Waals surface area contributed by atoms with E-state index in [9.17, 15) is 18.4 Å². The first-order valence-electron chi connectivity index (χ1n) is 11.0. The number of ether oxygens (including phenoxy) is 1. The van der Waals surface area contributed by atoms with Crippen LogP contribution in [0.25, 0.3) is 11.0 Å². The highest BCUT2D eigenvalue weighted by molar-refractivity contribution is 6.11. The molecule has 1 N–H and O–H groups in total. The average Bonchev–Trinajstić information content (AvgIpc) is 2.89. The number of benzene rings is 3. The molecule has 7 nitrogen and oxygen atoms in total. The molecule has 0 atom stereocenters. The van der Waals surface area contributed by atoms with Crippen LogP contribution in [0.3, 0.4) is 0 Å². The van der Waals surface area contributed by atoms with E-state index in [1.165, 1.54) is 12.1 Å². The number of carbonyl (C=O) groups excluding carboxylic acids is 2. The van der Waals surface area contributed by atoms with Crippen LogP contribution in [0.5, 0.6) is 0 Å². The summed E-state index contributed by atoms with van der Waals surface area (Å²) in [6.07, 6.45) is 1.72. The van der Waals surface area contributed by atoms with Gasteiger partial charge < -0.3 is 15.0 Å². The van der Waals surface area contributed by atoms with Crippen molar-refractivity contribution in [1.82, 2.24) is 9.97 Å². The van der Waals surface area contributed by atoms with Gasteiger partial charge in [-0.05, 0) is 48.5 Å². The first kappa shape index (κ1) is 22.5. The minimum atomic E-state index is -1.11. The number of halogens is 2. The summed E-state index contributed by atoms with van der Waals surface area (Å²) in [5.41, 5.74) is 2.36. The van der Waals surface area contributed by atoms with Crippen molar-refractivity contribution in [3.8, 4) is 0 Å². The second-order valence-corrected chi connectivity index (χ2v) is 8.02. The first-order chi connectivity index (χ1) is 17.0. The molecule has 0 radical (unpaired) electrons. The van der Waals surface area contributed by atoms with Crippen LogP contribution in [0, 0.1) is 11.6 Å². The van der Waals surface area contributed by atoms with Gasteiger partial charge in [0.15, 0.2) is 17.4 Å². The summed E-state index contributed by atoms with van der Waals surface area (Å²) in [5.74, 6) is -2.30. The number of anilines is 2. The molecular weight excluding hydrogens is 454 g/mol. The van der Waals surface area contributed by atoms with Crippen LogP contribution in [0.2, 0.25) is 0 Å². The topological polar surface area (TPSA) is 84.4 Å². The molecule has 176 valence electrons. The van der Waals surface area contributed by atoms with Crippen LogP contribution in [-0.2, 0) is 4.74 Å². The molecule has 1 aliphatic rings. The number of morpholine rings is 1. The number of hydrogen-bond donors (Lipinski definition) is 1. The van der Waals surface area contributed by atoms with E-state index in [1.54, 1.807) is 42.6 Å². The van der Waals surface area contributed by atoms with Gasteiger partial charge in [0, 0.05) is 35.5 Å². The molecule has 1 saturated heterocycles. The smallest absolute Gasteiger partial charge is 0.255 e. The van der Waals surface area contributed by atoms with E-state index in [1.807, 2.05) is 0 Å². The maximum absolute atomic E-state index is 13.5. The monoisotopic (exact) mass is 474 g/mol. The van der Waals surface area contributed by atoms with Gasteiger partial charge in [0.25, 0.3) is 5.91 Å². The molecule has 35 heavy (non-hydrogen) atoms. The van der Waals surface area contributed by atoms with E-state index >= 15 is 0 Å². The second-order valence-electron chi connectivity index (χ2n) is 8.02. The maximum atomic E-state index is 13.5. The van der Waals surface area contributed by atoms with Crippen LogP contribution in [0.4, 0.5) is 20.3 Å². The van der Waals surface area contributed by atoms with Gasteiger partial charge in [-0.3, -0.25) is 14.6 Å². The highest BCUT2D eigenvalue weighted by Gasteiger charge is 2.16. The Kier molecular flexibility index (Phi) is 6.15. The lowest BCUT2D eigenvalue weighted by atomic mass is 10.0. The summed E-state index contributed by atoms with van der Waals surface area (Å²) in [6, 6.07) is 14.4. The van der Waals surface area contributed by atoms with Gasteiger partial charge in [-0.25, -0.2) is 13.8 Å². The van der Waals surface area contributed by atoms with Crippen LogP contribution < -0.4 is 10.2 Å². The molecule has 0 aliphatic carbocycles. The zero-order valence-electron chi connectivity index (χ0n) is 18.5. The van der Waals surface area contributed by atoms with Gasteiger partial charge in [0.2, 0.25) is 0 Å². The Morgan fingerprint density at radius 2 is 1.63 bits per heavy atom. The molecule has 0 saturated carbocycles. The Balaban J connectivity index is 1.37. The highest BCUT2D eigenvalue weighted by atomic mass is 19.2. The van der Waals surface area contributed by atoms with Crippen molar-refractivity contribution in [2.75, 3.05) is 36.5 Å². The lowest BCUT2D eigenvalue weighted by Gasteiger charge is -2.27. The zero-order chi connectivity index (χ0) is 24.4. The van der Waals surface area contributed by atoms with Crippen LogP contribution in [0.15, 0.2) is 66.9 Å². The number of ketones is 1. The van der Waals surface area contributed by atoms with Gasteiger partial charge >= 0.3 is 0 Å². The number of carbonyl (C=O) groups is 2. The number of rotatable bonds is 5. The molecule has 1 aromatic heterocycles. The molecule has 1 fully saturated rings. The molecule has 9 heteroatoms. The molecule has 0 unspecified atom stereocenters. The van der Waals surface area contributed by atoms with Crippen molar-refractivity contribution in [2.24, 2.45) is 0 Å². The van der Waals surface area contributed by atoms with Crippen LogP contribution >= 0.6 is 0 Å². The summed E-state index contributed by atoms with van der Waals surface area (Å²) < 4.78 is 32.0. The number of nitrogens with one attached hydrogen (secondary N) is 1. The molecule has 0 bridgehead atoms. The summed E-state index contributed by atoms with van der Waals surface area (Å²) in [6.45, 7) is 2.70. The van der Waals surface area contributed by atoms with Crippen LogP contribution in [0.1, 0.15) is 26.3 Å². The van der Waals surface area contributed by atoms with Crippen molar-refractivity contribution in [3.05, 3.63) is 95.2 Å². The normalized spacial score (nSPS) is 13.6. The third-order valence-electron chi connectivity index (χ3n) is 5.69. The molecule has 1 aliphatic heterocycles. The predicted octanol–water partition coefficient (Wildman–Crippen LogP) is 4.23. The van der Waals surface area contributed by atoms with Gasteiger partial charge in [-0.1, -0.05) is 12.1 Å². The Morgan fingerprint density at radius 1 is 0.857 bits per heavy atom. The van der Waals surface area contributed by atoms with Gasteiger partial charge in [0.05, 0.1) is 30.4 Å². The Labute approximate surface area is 199 Å². The summed E-state index contributed by atoms with van der Waals surface area (Å²) in [4.78, 5) is 36.8. The molecule has 2 heterocycles. The molecular formula is C26H20F2N4O3. The van der Waals surface area contributed by atoms with E-state index in [4.69, 9.17) is 4.74 Å². The van der Waals surface area contributed by atoms with Crippen molar-refractivity contribution in [1.29, 1.82) is 0 Å². The van der Waals surface area contributed by atoms with Crippen molar-refractivity contribution in [2.45, 2.75) is 0 Å². The first-order valence-corrected chi connectivity index (χ1v) is 11.0. The SMILES string of the molecule is O=C(Nc1cccc(C(=O)c2ccc3ncc(N4CCOCC4)nc3c2)c1)c1ccc(F)c(F)c1. The van der Waals surface area contributed by atoms with Gasteiger partial charge in [-0.15, -0.1) is 0 Å². The average molecular weight is 474 g/mol. The quantitative estimate of drug-likeness (QED) is 0.436. The van der Waals surface area contributed by atoms with Crippen molar-refractivity contribution >= 4 is 34.2 Å². The van der Waals surface area contributed by atoms with Gasteiger partial charge in [0.1, 0.15) is 5.82 Å². The Bertz CT molecular complexity index is 1440. The molecule has 1 amide bonds. The fourth-order valence-corrected chi connectivity index (χ4v) is 3.83. The number of aromatic nitrogens is 2. The molecule has 5 rings (SSSR count). The number of nitrogens with zero attached hydrogens (tertiary/aromatic N) is 3. The number of amides is 1. The van der Waals surface area contributed by atoms with Crippen molar-refractivity contribution < 1.29 is 23.1 Å². The largest absolute Gasteiger partial charge is 0.378 e. The lowest BCUT2D eigenvalue weighted by molar-refractivity contribution is 0.102. The number of hydrogen-bond acceptors (Lipinski definition) is 6. The summed E-state index contributed by atoms with van der Waals surface area (Å²) >= 11 is 0. The summed E-state index contributed by atoms with van der Waals surface area (Å²) in [5, 5.41) is 2.61. The zero-order valence-corrected chi connectivity index (χ0v) is 18.5. The minimum Gasteiger partial charge on any atom is -0.378 e. The standard InChI is InChI=1S/C26H20F2N4O3/c27-20-6-4-18(13-21(20)28)26(34)30-19-3-1-2-16(12-19)25(33)17-5-7-22-23(14-17)31-24(15-29-22)32-8-10-35-11-9-32/h1-7,12-15H,8-11H2,(H,30,34). The van der Waals surface area contributed by atoms with Crippen LogP contribution in [-0.4, -0.2) is 48.0 Å². The molecule has 3 aromatic carbocycles. The minimum absolute atomic E-state index is 0.0372. The third-order valence-corrected chi connectivity index (χ3v) is 5.69. The van der Waals surface area contributed by atoms with Gasteiger partial charge in [-0.2, -0.15) is 0 Å². The van der Waals surface area contributed by atoms with E-state index in [2.05, 4.69) is 20.2 Å². The number of fused-ring (bicyclic) bond motifs is 1. The Morgan fingerprint density at radius 3 is 2.43 bits per heavy atom.